The normalized spacial score (nSPS) is 13.9. The number of nitrogen functional groups attached to an aromatic ring is 1. The van der Waals surface area contributed by atoms with Crippen molar-refractivity contribution in [1.82, 2.24) is 14.9 Å². The van der Waals surface area contributed by atoms with E-state index in [-0.39, 0.29) is 6.04 Å². The number of rotatable bonds is 10. The minimum atomic E-state index is 0.214. The van der Waals surface area contributed by atoms with Gasteiger partial charge in [-0.1, -0.05) is 66.7 Å². The van der Waals surface area contributed by atoms with Crippen LogP contribution >= 0.6 is 0 Å². The lowest BCUT2D eigenvalue weighted by Crippen LogP contribution is -2.48. The molecular weight excluding hydrogens is 488 g/mol. The SMILES string of the molecule is COc1ccc(CCNc2ncnc(N3CCN(C(c4ccccc4)c4ccccc4)CC3)c2N)cc1OC. The lowest BCUT2D eigenvalue weighted by molar-refractivity contribution is 0.212. The molecule has 1 aromatic heterocycles. The Morgan fingerprint density at radius 3 is 2.08 bits per heavy atom. The summed E-state index contributed by atoms with van der Waals surface area (Å²) in [5.41, 5.74) is 10.9. The maximum absolute atomic E-state index is 6.57. The van der Waals surface area contributed by atoms with E-state index < -0.39 is 0 Å². The van der Waals surface area contributed by atoms with E-state index in [4.69, 9.17) is 15.2 Å². The van der Waals surface area contributed by atoms with Crippen LogP contribution in [0.25, 0.3) is 0 Å². The van der Waals surface area contributed by atoms with Crippen LogP contribution in [0.15, 0.2) is 85.2 Å². The van der Waals surface area contributed by atoms with Crippen LogP contribution in [0.1, 0.15) is 22.7 Å². The van der Waals surface area contributed by atoms with Crippen LogP contribution in [-0.2, 0) is 6.42 Å². The molecule has 202 valence electrons. The molecule has 39 heavy (non-hydrogen) atoms. The largest absolute Gasteiger partial charge is 0.493 e. The molecule has 3 aromatic carbocycles. The summed E-state index contributed by atoms with van der Waals surface area (Å²) in [5.74, 6) is 2.89. The molecule has 3 N–H and O–H groups in total. The maximum atomic E-state index is 6.57. The topological polar surface area (TPSA) is 88.8 Å². The Labute approximate surface area is 230 Å². The van der Waals surface area contributed by atoms with Crippen LogP contribution in [0, 0.1) is 0 Å². The summed E-state index contributed by atoms with van der Waals surface area (Å²) in [4.78, 5) is 13.8. The number of ether oxygens (including phenoxy) is 2. The molecule has 1 aliphatic heterocycles. The van der Waals surface area contributed by atoms with E-state index in [9.17, 15) is 0 Å². The minimum Gasteiger partial charge on any atom is -0.493 e. The minimum absolute atomic E-state index is 0.214. The van der Waals surface area contributed by atoms with Crippen molar-refractivity contribution in [3.63, 3.8) is 0 Å². The first-order valence-corrected chi connectivity index (χ1v) is 13.3. The third-order valence-electron chi connectivity index (χ3n) is 7.23. The van der Waals surface area contributed by atoms with Gasteiger partial charge in [0.15, 0.2) is 23.1 Å². The molecule has 0 aliphatic carbocycles. The van der Waals surface area contributed by atoms with Crippen LogP contribution in [0.3, 0.4) is 0 Å². The summed E-state index contributed by atoms with van der Waals surface area (Å²) >= 11 is 0. The summed E-state index contributed by atoms with van der Waals surface area (Å²) in [6, 6.07) is 27.6. The van der Waals surface area contributed by atoms with Gasteiger partial charge in [-0.2, -0.15) is 0 Å². The second kappa shape index (κ2) is 12.5. The molecule has 0 spiro atoms. The Bertz CT molecular complexity index is 1300. The molecule has 0 saturated carbocycles. The number of hydrogen-bond donors (Lipinski definition) is 2. The lowest BCUT2D eigenvalue weighted by Gasteiger charge is -2.40. The van der Waals surface area contributed by atoms with Gasteiger partial charge in [0.2, 0.25) is 0 Å². The highest BCUT2D eigenvalue weighted by molar-refractivity contribution is 5.75. The van der Waals surface area contributed by atoms with Gasteiger partial charge in [-0.3, -0.25) is 4.90 Å². The summed E-state index contributed by atoms with van der Waals surface area (Å²) in [6.07, 6.45) is 2.38. The first-order chi connectivity index (χ1) is 19.2. The zero-order valence-electron chi connectivity index (χ0n) is 22.6. The molecule has 1 saturated heterocycles. The van der Waals surface area contributed by atoms with Gasteiger partial charge in [-0.15, -0.1) is 0 Å². The number of hydrogen-bond acceptors (Lipinski definition) is 8. The second-order valence-corrected chi connectivity index (χ2v) is 9.57. The van der Waals surface area contributed by atoms with Crippen molar-refractivity contribution in [2.24, 2.45) is 0 Å². The Morgan fingerprint density at radius 2 is 1.46 bits per heavy atom. The van der Waals surface area contributed by atoms with E-state index >= 15 is 0 Å². The molecule has 4 aromatic rings. The van der Waals surface area contributed by atoms with Crippen molar-refractivity contribution < 1.29 is 9.47 Å². The zero-order chi connectivity index (χ0) is 27.0. The quantitative estimate of drug-likeness (QED) is 0.310. The molecule has 0 amide bonds. The number of aromatic nitrogens is 2. The third kappa shape index (κ3) is 6.07. The van der Waals surface area contributed by atoms with Crippen LogP contribution in [-0.4, -0.2) is 61.8 Å². The summed E-state index contributed by atoms with van der Waals surface area (Å²) in [6.45, 7) is 4.16. The highest BCUT2D eigenvalue weighted by Crippen LogP contribution is 2.32. The van der Waals surface area contributed by atoms with Crippen LogP contribution < -0.4 is 25.4 Å². The van der Waals surface area contributed by atoms with E-state index in [0.29, 0.717) is 18.1 Å². The van der Waals surface area contributed by atoms with Gasteiger partial charge in [0.05, 0.1) is 20.3 Å². The zero-order valence-corrected chi connectivity index (χ0v) is 22.6. The Morgan fingerprint density at radius 1 is 0.821 bits per heavy atom. The van der Waals surface area contributed by atoms with Crippen LogP contribution in [0.4, 0.5) is 17.3 Å². The van der Waals surface area contributed by atoms with Gasteiger partial charge in [0, 0.05) is 32.7 Å². The number of nitrogens with two attached hydrogens (primary N) is 1. The smallest absolute Gasteiger partial charge is 0.160 e. The van der Waals surface area contributed by atoms with Crippen molar-refractivity contribution in [3.8, 4) is 11.5 Å². The van der Waals surface area contributed by atoms with Crippen molar-refractivity contribution in [2.45, 2.75) is 12.5 Å². The molecule has 1 aliphatic rings. The van der Waals surface area contributed by atoms with Gasteiger partial charge < -0.3 is 25.4 Å². The number of benzene rings is 3. The fourth-order valence-electron chi connectivity index (χ4n) is 5.22. The molecule has 0 atom stereocenters. The first kappa shape index (κ1) is 26.3. The molecule has 5 rings (SSSR count). The molecular formula is C31H36N6O2. The number of nitrogens with zero attached hydrogens (tertiary/aromatic N) is 4. The Hall–Kier alpha value is -4.30. The third-order valence-corrected chi connectivity index (χ3v) is 7.23. The van der Waals surface area contributed by atoms with Crippen LogP contribution in [0.2, 0.25) is 0 Å². The number of piperazine rings is 1. The van der Waals surface area contributed by atoms with Crippen molar-refractivity contribution >= 4 is 17.3 Å². The second-order valence-electron chi connectivity index (χ2n) is 9.57. The van der Waals surface area contributed by atoms with Gasteiger partial charge in [-0.25, -0.2) is 9.97 Å². The monoisotopic (exact) mass is 524 g/mol. The van der Waals surface area contributed by atoms with E-state index in [1.165, 1.54) is 11.1 Å². The predicted octanol–water partition coefficient (Wildman–Crippen LogP) is 4.64. The van der Waals surface area contributed by atoms with E-state index in [2.05, 4.69) is 85.7 Å². The highest BCUT2D eigenvalue weighted by Gasteiger charge is 2.28. The number of nitrogens with one attached hydrogen (secondary N) is 1. The summed E-state index contributed by atoms with van der Waals surface area (Å²) in [5, 5.41) is 3.39. The number of methoxy groups -OCH3 is 2. The standard InChI is InChI=1S/C31H36N6O2/c1-38-26-14-13-23(21-27(26)39-2)15-16-33-30-28(32)31(35-22-34-30)37-19-17-36(18-20-37)29(24-9-5-3-6-10-24)25-11-7-4-8-12-25/h3-14,21-22,29H,15-20,32H2,1-2H3,(H,33,34,35). The van der Waals surface area contributed by atoms with Crippen LogP contribution in [0.5, 0.6) is 11.5 Å². The number of anilines is 3. The molecule has 1 fully saturated rings. The van der Waals surface area contributed by atoms with Gasteiger partial charge in [-0.05, 0) is 35.2 Å². The van der Waals surface area contributed by atoms with E-state index in [0.717, 1.165) is 55.5 Å². The molecule has 2 heterocycles. The Balaban J connectivity index is 1.23. The molecule has 8 heteroatoms. The van der Waals surface area contributed by atoms with E-state index in [1.54, 1.807) is 20.5 Å². The lowest BCUT2D eigenvalue weighted by atomic mass is 9.96. The van der Waals surface area contributed by atoms with Crippen molar-refractivity contribution in [2.75, 3.05) is 62.9 Å². The maximum Gasteiger partial charge on any atom is 0.160 e. The fraction of sp³-hybridized carbons (Fsp3) is 0.290. The molecule has 0 radical (unpaired) electrons. The van der Waals surface area contributed by atoms with Gasteiger partial charge >= 0.3 is 0 Å². The first-order valence-electron chi connectivity index (χ1n) is 13.3. The Kier molecular flexibility index (Phi) is 8.43. The molecule has 0 bridgehead atoms. The molecule has 0 unspecified atom stereocenters. The molecule has 8 nitrogen and oxygen atoms in total. The van der Waals surface area contributed by atoms with Gasteiger partial charge in [0.25, 0.3) is 0 Å². The fourth-order valence-corrected chi connectivity index (χ4v) is 5.22. The van der Waals surface area contributed by atoms with Gasteiger partial charge in [0.1, 0.15) is 12.0 Å². The van der Waals surface area contributed by atoms with Crippen molar-refractivity contribution in [1.29, 1.82) is 0 Å². The summed E-state index contributed by atoms with van der Waals surface area (Å²) in [7, 11) is 3.28. The summed E-state index contributed by atoms with van der Waals surface area (Å²) < 4.78 is 10.8. The average molecular weight is 525 g/mol. The average Bonchev–Trinajstić information content (AvgIpc) is 2.99. The van der Waals surface area contributed by atoms with Crippen molar-refractivity contribution in [3.05, 3.63) is 102 Å². The highest BCUT2D eigenvalue weighted by atomic mass is 16.5. The predicted molar refractivity (Wildman–Crippen MR) is 157 cm³/mol. The van der Waals surface area contributed by atoms with E-state index in [1.807, 2.05) is 18.2 Å².